The fourth-order valence-electron chi connectivity index (χ4n) is 5.03. The van der Waals surface area contributed by atoms with Crippen LogP contribution in [0.5, 0.6) is 5.88 Å². The number of aromatic nitrogens is 3. The first-order valence-corrected chi connectivity index (χ1v) is 10.5. The van der Waals surface area contributed by atoms with Gasteiger partial charge in [-0.1, -0.05) is 6.07 Å². The van der Waals surface area contributed by atoms with Crippen molar-refractivity contribution in [2.24, 2.45) is 5.41 Å². The molecule has 0 bridgehead atoms. The molecule has 3 aliphatic heterocycles. The number of nitrogens with one attached hydrogen (secondary N) is 1. The molecule has 0 radical (unpaired) electrons. The lowest BCUT2D eigenvalue weighted by Crippen LogP contribution is -2.41. The fraction of sp³-hybridized carbons (Fsp3) is 0.391. The van der Waals surface area contributed by atoms with Crippen LogP contribution in [-0.2, 0) is 6.61 Å². The molecule has 6 nitrogen and oxygen atoms in total. The first kappa shape index (κ1) is 17.0. The van der Waals surface area contributed by atoms with E-state index in [1.807, 2.05) is 16.9 Å². The number of ether oxygens (including phenoxy) is 1. The molecule has 1 aromatic carbocycles. The third kappa shape index (κ3) is 2.90. The van der Waals surface area contributed by atoms with Crippen LogP contribution in [0.2, 0.25) is 0 Å². The topological polar surface area (TPSA) is 55.2 Å². The van der Waals surface area contributed by atoms with E-state index < -0.39 is 0 Å². The Labute approximate surface area is 170 Å². The summed E-state index contributed by atoms with van der Waals surface area (Å²) in [7, 11) is 0. The van der Waals surface area contributed by atoms with Crippen molar-refractivity contribution < 1.29 is 4.74 Å². The molecule has 148 valence electrons. The highest BCUT2D eigenvalue weighted by Crippen LogP contribution is 2.41. The van der Waals surface area contributed by atoms with Crippen molar-refractivity contribution in [1.82, 2.24) is 20.1 Å². The highest BCUT2D eigenvalue weighted by atomic mass is 16.5. The molecule has 2 fully saturated rings. The number of nitrogens with zero attached hydrogens (tertiary/aromatic N) is 4. The number of rotatable bonds is 2. The number of benzene rings is 1. The molecule has 0 amide bonds. The van der Waals surface area contributed by atoms with E-state index >= 15 is 0 Å². The molecule has 0 saturated carbocycles. The number of hydrogen-bond donors (Lipinski definition) is 1. The normalized spacial score (nSPS) is 19.7. The second-order valence-electron chi connectivity index (χ2n) is 8.52. The summed E-state index contributed by atoms with van der Waals surface area (Å²) in [6.45, 7) is 5.06. The van der Waals surface area contributed by atoms with Gasteiger partial charge in [0.1, 0.15) is 12.4 Å². The molecule has 0 unspecified atom stereocenters. The van der Waals surface area contributed by atoms with E-state index in [0.717, 1.165) is 36.0 Å². The Balaban J connectivity index is 1.26. The predicted molar refractivity (Wildman–Crippen MR) is 112 cm³/mol. The third-order valence-electron chi connectivity index (χ3n) is 6.84. The summed E-state index contributed by atoms with van der Waals surface area (Å²) in [5.41, 5.74) is 5.03. The zero-order chi connectivity index (χ0) is 19.3. The third-order valence-corrected chi connectivity index (χ3v) is 6.84. The molecule has 6 rings (SSSR count). The van der Waals surface area contributed by atoms with Crippen LogP contribution >= 0.6 is 0 Å². The molecular weight excluding hydrogens is 362 g/mol. The summed E-state index contributed by atoms with van der Waals surface area (Å²) in [6.07, 6.45) is 7.57. The number of fused-ring (bicyclic) bond motifs is 3. The van der Waals surface area contributed by atoms with Gasteiger partial charge in [0.05, 0.1) is 5.69 Å². The number of piperidine rings is 1. The van der Waals surface area contributed by atoms with Crippen LogP contribution in [-0.4, -0.2) is 40.9 Å². The lowest BCUT2D eigenvalue weighted by atomic mass is 9.78. The average molecular weight is 387 g/mol. The lowest BCUT2D eigenvalue weighted by Gasteiger charge is -2.39. The van der Waals surface area contributed by atoms with Gasteiger partial charge in [0.15, 0.2) is 0 Å². The molecule has 3 aliphatic rings. The Bertz CT molecular complexity index is 1030. The van der Waals surface area contributed by atoms with E-state index in [-0.39, 0.29) is 0 Å². The quantitative estimate of drug-likeness (QED) is 0.730. The van der Waals surface area contributed by atoms with E-state index in [9.17, 15) is 0 Å². The maximum absolute atomic E-state index is 6.07. The highest BCUT2D eigenvalue weighted by molar-refractivity contribution is 5.75. The van der Waals surface area contributed by atoms with Crippen LogP contribution in [0.4, 0.5) is 5.82 Å². The Morgan fingerprint density at radius 3 is 2.72 bits per heavy atom. The minimum absolute atomic E-state index is 0.520. The minimum atomic E-state index is 0.520. The molecule has 6 heteroatoms. The van der Waals surface area contributed by atoms with Crippen molar-refractivity contribution in [1.29, 1.82) is 0 Å². The van der Waals surface area contributed by atoms with Crippen LogP contribution < -0.4 is 15.0 Å². The monoisotopic (exact) mass is 387 g/mol. The molecule has 1 N–H and O–H groups in total. The maximum Gasteiger partial charge on any atom is 0.223 e. The molecule has 1 spiro atoms. The van der Waals surface area contributed by atoms with Gasteiger partial charge in [0.25, 0.3) is 0 Å². The Hall–Kier alpha value is -2.86. The SMILES string of the molecule is c1cnn(-c2ccc3c(c2)COc2nc(N4CCC5(CCNC5)CC4)ccc2-3)c1. The summed E-state index contributed by atoms with van der Waals surface area (Å²) in [6, 6.07) is 12.7. The Morgan fingerprint density at radius 1 is 1.03 bits per heavy atom. The second-order valence-corrected chi connectivity index (χ2v) is 8.52. The fourth-order valence-corrected chi connectivity index (χ4v) is 5.03. The number of pyridine rings is 1. The van der Waals surface area contributed by atoms with Crippen LogP contribution in [0.15, 0.2) is 48.8 Å². The summed E-state index contributed by atoms with van der Waals surface area (Å²) < 4.78 is 7.94. The molecule has 5 heterocycles. The van der Waals surface area contributed by atoms with Gasteiger partial charge in [-0.25, -0.2) is 4.68 Å². The Kier molecular flexibility index (Phi) is 3.87. The van der Waals surface area contributed by atoms with Crippen LogP contribution in [0, 0.1) is 5.41 Å². The van der Waals surface area contributed by atoms with Crippen molar-refractivity contribution in [3.8, 4) is 22.7 Å². The summed E-state index contributed by atoms with van der Waals surface area (Å²) in [5, 5.41) is 7.86. The van der Waals surface area contributed by atoms with Gasteiger partial charge in [-0.2, -0.15) is 10.1 Å². The van der Waals surface area contributed by atoms with Gasteiger partial charge in [0, 0.05) is 37.6 Å². The average Bonchev–Trinajstić information content (AvgIpc) is 3.46. The van der Waals surface area contributed by atoms with Crippen LogP contribution in [0.25, 0.3) is 16.8 Å². The second kappa shape index (κ2) is 6.59. The van der Waals surface area contributed by atoms with Gasteiger partial charge in [-0.15, -0.1) is 0 Å². The smallest absolute Gasteiger partial charge is 0.223 e. The van der Waals surface area contributed by atoms with Crippen LogP contribution in [0.3, 0.4) is 0 Å². The molecular formula is C23H25N5O. The zero-order valence-electron chi connectivity index (χ0n) is 16.5. The number of hydrogen-bond acceptors (Lipinski definition) is 5. The largest absolute Gasteiger partial charge is 0.472 e. The van der Waals surface area contributed by atoms with Gasteiger partial charge in [-0.05, 0) is 72.7 Å². The van der Waals surface area contributed by atoms with Gasteiger partial charge < -0.3 is 15.0 Å². The van der Waals surface area contributed by atoms with Crippen molar-refractivity contribution in [2.75, 3.05) is 31.1 Å². The first-order valence-electron chi connectivity index (χ1n) is 10.5. The van der Waals surface area contributed by atoms with Crippen LogP contribution in [0.1, 0.15) is 24.8 Å². The van der Waals surface area contributed by atoms with E-state index in [4.69, 9.17) is 9.72 Å². The molecule has 0 aliphatic carbocycles. The van der Waals surface area contributed by atoms with Crippen molar-refractivity contribution in [3.63, 3.8) is 0 Å². The van der Waals surface area contributed by atoms with Gasteiger partial charge in [-0.3, -0.25) is 0 Å². The summed E-state index contributed by atoms with van der Waals surface area (Å²) >= 11 is 0. The van der Waals surface area contributed by atoms with E-state index in [1.165, 1.54) is 43.5 Å². The van der Waals surface area contributed by atoms with Gasteiger partial charge >= 0.3 is 0 Å². The standard InChI is InChI=1S/C23H25N5O/c1-9-25-28(11-1)18-2-3-19-17(14-18)15-29-22-20(19)4-5-21(26-22)27-12-7-23(8-13-27)6-10-24-16-23/h1-5,9,11,14,24H,6-8,10,12-13,15-16H2. The van der Waals surface area contributed by atoms with Crippen molar-refractivity contribution in [3.05, 3.63) is 54.4 Å². The minimum Gasteiger partial charge on any atom is -0.472 e. The predicted octanol–water partition coefficient (Wildman–Crippen LogP) is 3.41. The Morgan fingerprint density at radius 2 is 1.93 bits per heavy atom. The van der Waals surface area contributed by atoms with Crippen molar-refractivity contribution >= 4 is 5.82 Å². The zero-order valence-corrected chi connectivity index (χ0v) is 16.5. The molecule has 2 aromatic heterocycles. The summed E-state index contributed by atoms with van der Waals surface area (Å²) in [5.74, 6) is 1.80. The highest BCUT2D eigenvalue weighted by Gasteiger charge is 2.37. The summed E-state index contributed by atoms with van der Waals surface area (Å²) in [4.78, 5) is 7.31. The van der Waals surface area contributed by atoms with E-state index in [0.29, 0.717) is 12.0 Å². The first-order chi connectivity index (χ1) is 14.3. The molecule has 29 heavy (non-hydrogen) atoms. The van der Waals surface area contributed by atoms with E-state index in [1.54, 1.807) is 6.20 Å². The van der Waals surface area contributed by atoms with E-state index in [2.05, 4.69) is 45.6 Å². The lowest BCUT2D eigenvalue weighted by molar-refractivity contribution is 0.246. The van der Waals surface area contributed by atoms with Crippen molar-refractivity contribution in [2.45, 2.75) is 25.9 Å². The molecule has 0 atom stereocenters. The molecule has 2 saturated heterocycles. The maximum atomic E-state index is 6.07. The van der Waals surface area contributed by atoms with Gasteiger partial charge in [0.2, 0.25) is 5.88 Å². The number of anilines is 1. The molecule has 3 aromatic rings.